The average molecular weight is 471 g/mol. The fourth-order valence-corrected chi connectivity index (χ4v) is 5.58. The van der Waals surface area contributed by atoms with E-state index in [4.69, 9.17) is 12.6 Å². The van der Waals surface area contributed by atoms with E-state index in [2.05, 4.69) is 45.9 Å². The van der Waals surface area contributed by atoms with E-state index < -0.39 is 6.17 Å². The number of fused-ring (bicyclic) bond motifs is 1. The minimum absolute atomic E-state index is 0.0885. The van der Waals surface area contributed by atoms with Crippen LogP contribution in [0.5, 0.6) is 0 Å². The van der Waals surface area contributed by atoms with Crippen LogP contribution in [0.4, 0.5) is 10.2 Å². The lowest BCUT2D eigenvalue weighted by atomic mass is 9.84. The third-order valence-corrected chi connectivity index (χ3v) is 7.38. The molecule has 5 rings (SSSR count). The number of alkyl halides is 1. The summed E-state index contributed by atoms with van der Waals surface area (Å²) in [6.07, 6.45) is 0.523. The summed E-state index contributed by atoms with van der Waals surface area (Å²) in [5.74, 6) is 1.80. The van der Waals surface area contributed by atoms with Crippen molar-refractivity contribution < 1.29 is 9.50 Å². The molecule has 33 heavy (non-hydrogen) atoms. The number of likely N-dealkylation sites (tertiary alicyclic amines) is 1. The Balaban J connectivity index is 1.54. The molecular weight excluding hydrogens is 439 g/mol. The Morgan fingerprint density at radius 2 is 1.79 bits per heavy atom. The largest absolute Gasteiger partial charge is 0.389 e. The topological polar surface area (TPSA) is 70.3 Å². The first kappa shape index (κ1) is 22.6. The van der Waals surface area contributed by atoms with E-state index in [9.17, 15) is 5.11 Å². The van der Waals surface area contributed by atoms with Gasteiger partial charge in [-0.1, -0.05) is 0 Å². The molecule has 0 aliphatic carbocycles. The number of aliphatic hydroxyl groups is 1. The van der Waals surface area contributed by atoms with Crippen molar-refractivity contribution in [1.82, 2.24) is 24.6 Å². The van der Waals surface area contributed by atoms with Crippen LogP contribution in [0.1, 0.15) is 36.7 Å². The fraction of sp³-hybridized carbons (Fsp3) is 0.542. The Morgan fingerprint density at radius 1 is 1.06 bits per heavy atom. The molecular formula is C24H31FN6OS. The van der Waals surface area contributed by atoms with Crippen LogP contribution in [0.25, 0.3) is 16.7 Å². The summed E-state index contributed by atoms with van der Waals surface area (Å²) < 4.78 is 17.2. The quantitative estimate of drug-likeness (QED) is 0.571. The first-order chi connectivity index (χ1) is 15.7. The maximum Gasteiger partial charge on any atom is 0.159 e. The molecule has 7 nitrogen and oxygen atoms in total. The van der Waals surface area contributed by atoms with Gasteiger partial charge in [-0.25, -0.2) is 19.0 Å². The number of aliphatic hydroxyl groups excluding tert-OH is 1. The zero-order chi connectivity index (χ0) is 23.4. The summed E-state index contributed by atoms with van der Waals surface area (Å²) in [5.41, 5.74) is 2.93. The van der Waals surface area contributed by atoms with Crippen molar-refractivity contribution in [1.29, 1.82) is 0 Å². The number of hydrogen-bond acceptors (Lipinski definition) is 7. The SMILES string of the molecule is Cc1nc(N2CC(O)C2)cc(-n2ncc3cc(C)c(C4C(F)CN(C(C)C)C[C@H]4S)cc32)n1. The summed E-state index contributed by atoms with van der Waals surface area (Å²) in [6.45, 7) is 10.4. The highest BCUT2D eigenvalue weighted by Gasteiger charge is 2.38. The molecule has 0 spiro atoms. The standard InChI is InChI=1S/C24H31FN6OS/c1-13(2)29-11-19(25)24(21(33)12-29)18-6-20-16(5-14(18)3)8-26-31(20)23-7-22(27-15(4)28-23)30-9-17(32)10-30/h5-8,13,17,19,21,24,32-33H,9-12H2,1-4H3/t19?,21-,24?/m1/s1. The molecule has 1 N–H and O–H groups in total. The molecule has 176 valence electrons. The Hall–Kier alpha value is -2.23. The molecule has 0 radical (unpaired) electrons. The van der Waals surface area contributed by atoms with Gasteiger partial charge >= 0.3 is 0 Å². The minimum Gasteiger partial charge on any atom is -0.389 e. The summed E-state index contributed by atoms with van der Waals surface area (Å²) in [5, 5.41) is 15.2. The summed E-state index contributed by atoms with van der Waals surface area (Å²) in [6, 6.07) is 6.34. The summed E-state index contributed by atoms with van der Waals surface area (Å²) in [7, 11) is 0. The van der Waals surface area contributed by atoms with E-state index >= 15 is 4.39 Å². The van der Waals surface area contributed by atoms with Gasteiger partial charge in [-0.3, -0.25) is 4.90 Å². The number of halogens is 1. The zero-order valence-electron chi connectivity index (χ0n) is 19.5. The molecule has 2 fully saturated rings. The molecule has 2 unspecified atom stereocenters. The molecule has 3 aromatic rings. The fourth-order valence-electron chi connectivity index (χ4n) is 5.03. The van der Waals surface area contributed by atoms with E-state index in [-0.39, 0.29) is 17.3 Å². The van der Waals surface area contributed by atoms with Gasteiger partial charge in [-0.15, -0.1) is 0 Å². The van der Waals surface area contributed by atoms with Gasteiger partial charge in [0, 0.05) is 54.8 Å². The van der Waals surface area contributed by atoms with Gasteiger partial charge in [0.1, 0.15) is 17.8 Å². The maximum atomic E-state index is 15.4. The molecule has 0 bridgehead atoms. The highest BCUT2D eigenvalue weighted by molar-refractivity contribution is 7.81. The van der Waals surface area contributed by atoms with Crippen LogP contribution < -0.4 is 4.90 Å². The number of piperidine rings is 1. The van der Waals surface area contributed by atoms with Crippen LogP contribution in [-0.4, -0.2) is 79.5 Å². The highest BCUT2D eigenvalue weighted by atomic mass is 32.1. The van der Waals surface area contributed by atoms with Crippen LogP contribution in [0.15, 0.2) is 24.4 Å². The minimum atomic E-state index is -0.984. The van der Waals surface area contributed by atoms with Crippen LogP contribution in [0, 0.1) is 13.8 Å². The van der Waals surface area contributed by atoms with Crippen molar-refractivity contribution in [2.24, 2.45) is 0 Å². The lowest BCUT2D eigenvalue weighted by molar-refractivity contribution is 0.0989. The van der Waals surface area contributed by atoms with Gasteiger partial charge in [-0.2, -0.15) is 17.7 Å². The Labute approximate surface area is 199 Å². The van der Waals surface area contributed by atoms with E-state index in [0.717, 1.165) is 34.4 Å². The predicted octanol–water partition coefficient (Wildman–Crippen LogP) is 3.06. The normalized spacial score (nSPS) is 24.6. The first-order valence-corrected chi connectivity index (χ1v) is 12.1. The lowest BCUT2D eigenvalue weighted by Crippen LogP contribution is -2.51. The zero-order valence-corrected chi connectivity index (χ0v) is 20.4. The van der Waals surface area contributed by atoms with E-state index in [0.29, 0.717) is 37.3 Å². The van der Waals surface area contributed by atoms with Gasteiger partial charge in [0.25, 0.3) is 0 Å². The van der Waals surface area contributed by atoms with Gasteiger partial charge in [0.15, 0.2) is 5.82 Å². The van der Waals surface area contributed by atoms with E-state index in [1.165, 1.54) is 0 Å². The van der Waals surface area contributed by atoms with Crippen LogP contribution in [0.2, 0.25) is 0 Å². The molecule has 2 saturated heterocycles. The van der Waals surface area contributed by atoms with E-state index in [1.807, 2.05) is 31.0 Å². The van der Waals surface area contributed by atoms with Crippen LogP contribution in [-0.2, 0) is 0 Å². The maximum absolute atomic E-state index is 15.4. The summed E-state index contributed by atoms with van der Waals surface area (Å²) >= 11 is 4.83. The Morgan fingerprint density at radius 3 is 2.45 bits per heavy atom. The van der Waals surface area contributed by atoms with Crippen molar-refractivity contribution in [3.05, 3.63) is 41.3 Å². The number of aryl methyl sites for hydroxylation is 2. The Kier molecular flexibility index (Phi) is 5.83. The molecule has 2 aliphatic rings. The monoisotopic (exact) mass is 470 g/mol. The molecule has 3 atom stereocenters. The van der Waals surface area contributed by atoms with Gasteiger partial charge in [0.2, 0.25) is 0 Å². The number of anilines is 1. The molecule has 2 aliphatic heterocycles. The first-order valence-electron chi connectivity index (χ1n) is 11.5. The number of benzene rings is 1. The van der Waals surface area contributed by atoms with Gasteiger partial charge < -0.3 is 10.0 Å². The summed E-state index contributed by atoms with van der Waals surface area (Å²) in [4.78, 5) is 13.3. The van der Waals surface area contributed by atoms with Crippen molar-refractivity contribution in [3.63, 3.8) is 0 Å². The van der Waals surface area contributed by atoms with Gasteiger partial charge in [0.05, 0.1) is 17.8 Å². The van der Waals surface area contributed by atoms with E-state index in [1.54, 1.807) is 4.68 Å². The average Bonchev–Trinajstić information content (AvgIpc) is 3.13. The van der Waals surface area contributed by atoms with Crippen molar-refractivity contribution in [2.45, 2.75) is 57.2 Å². The molecule has 2 aromatic heterocycles. The molecule has 1 aromatic carbocycles. The number of nitrogens with zero attached hydrogens (tertiary/aromatic N) is 6. The number of β-amino-alcohol motifs (C(OH)–C–C–N with tert-alkyl or cyclic N) is 1. The van der Waals surface area contributed by atoms with Crippen molar-refractivity contribution >= 4 is 29.3 Å². The van der Waals surface area contributed by atoms with Crippen molar-refractivity contribution in [2.75, 3.05) is 31.1 Å². The second-order valence-electron chi connectivity index (χ2n) is 9.67. The van der Waals surface area contributed by atoms with Gasteiger partial charge in [-0.05, 0) is 51.0 Å². The molecule has 0 saturated carbocycles. The number of aromatic nitrogens is 4. The number of thiol groups is 1. The van der Waals surface area contributed by atoms with Crippen LogP contribution >= 0.6 is 12.6 Å². The second-order valence-corrected chi connectivity index (χ2v) is 10.3. The van der Waals surface area contributed by atoms with Crippen LogP contribution in [0.3, 0.4) is 0 Å². The molecule has 4 heterocycles. The molecule has 9 heteroatoms. The third-order valence-electron chi connectivity index (χ3n) is 6.89. The lowest BCUT2D eigenvalue weighted by Gasteiger charge is -2.41. The Bertz CT molecular complexity index is 1170. The van der Waals surface area contributed by atoms with Crippen molar-refractivity contribution in [3.8, 4) is 5.82 Å². The molecule has 0 amide bonds. The third kappa shape index (κ3) is 4.11. The number of hydrogen-bond donors (Lipinski definition) is 2. The highest BCUT2D eigenvalue weighted by Crippen LogP contribution is 2.38. The number of rotatable bonds is 4. The second kappa shape index (κ2) is 8.52. The predicted molar refractivity (Wildman–Crippen MR) is 131 cm³/mol. The smallest absolute Gasteiger partial charge is 0.159 e.